The summed E-state index contributed by atoms with van der Waals surface area (Å²) in [6.45, 7) is 2.11. The van der Waals surface area contributed by atoms with Crippen molar-refractivity contribution in [3.8, 4) is 16.9 Å². The van der Waals surface area contributed by atoms with Crippen molar-refractivity contribution in [1.82, 2.24) is 9.80 Å². The van der Waals surface area contributed by atoms with Gasteiger partial charge in [0, 0.05) is 18.0 Å². The van der Waals surface area contributed by atoms with E-state index in [1.165, 1.54) is 10.5 Å². The van der Waals surface area contributed by atoms with Crippen LogP contribution in [0.3, 0.4) is 0 Å². The van der Waals surface area contributed by atoms with Crippen LogP contribution in [-0.2, 0) is 6.54 Å². The third-order valence-electron chi connectivity index (χ3n) is 5.42. The fraction of sp³-hybridized carbons (Fsp3) is 0.276. The van der Waals surface area contributed by atoms with E-state index in [2.05, 4.69) is 34.3 Å². The molecule has 4 nitrogen and oxygen atoms in total. The summed E-state index contributed by atoms with van der Waals surface area (Å²) in [4.78, 5) is 18.8. The van der Waals surface area contributed by atoms with Gasteiger partial charge in [0.05, 0.1) is 5.56 Å². The van der Waals surface area contributed by atoms with E-state index in [0.29, 0.717) is 17.9 Å². The second-order valence-corrected chi connectivity index (χ2v) is 9.55. The fourth-order valence-electron chi connectivity index (χ4n) is 3.67. The SMILES string of the molecule is CSc1ccccc1-c1ccc(OCCN(C)C)c(C(=O)C=Cc2ccccc2CN(C)C)c1. The molecule has 0 spiro atoms. The van der Waals surface area contributed by atoms with Gasteiger partial charge in [-0.15, -0.1) is 11.8 Å². The quantitative estimate of drug-likeness (QED) is 0.194. The lowest BCUT2D eigenvalue weighted by Crippen LogP contribution is -2.20. The Balaban J connectivity index is 1.96. The molecule has 0 saturated carbocycles. The van der Waals surface area contributed by atoms with Gasteiger partial charge < -0.3 is 14.5 Å². The van der Waals surface area contributed by atoms with E-state index in [-0.39, 0.29) is 5.78 Å². The number of nitrogens with zero attached hydrogens (tertiary/aromatic N) is 2. The lowest BCUT2D eigenvalue weighted by atomic mass is 9.99. The Labute approximate surface area is 208 Å². The first-order valence-electron chi connectivity index (χ1n) is 11.4. The summed E-state index contributed by atoms with van der Waals surface area (Å²) in [5, 5.41) is 0. The van der Waals surface area contributed by atoms with Crippen LogP contribution in [-0.4, -0.2) is 63.2 Å². The van der Waals surface area contributed by atoms with E-state index in [4.69, 9.17) is 4.74 Å². The van der Waals surface area contributed by atoms with Crippen molar-refractivity contribution in [2.75, 3.05) is 47.6 Å². The van der Waals surface area contributed by atoms with E-state index in [1.807, 2.05) is 82.8 Å². The van der Waals surface area contributed by atoms with Gasteiger partial charge in [-0.05, 0) is 81.0 Å². The summed E-state index contributed by atoms with van der Waals surface area (Å²) < 4.78 is 6.04. The van der Waals surface area contributed by atoms with Crippen LogP contribution in [0.5, 0.6) is 5.75 Å². The predicted molar refractivity (Wildman–Crippen MR) is 145 cm³/mol. The highest BCUT2D eigenvalue weighted by atomic mass is 32.2. The highest BCUT2D eigenvalue weighted by Gasteiger charge is 2.14. The minimum Gasteiger partial charge on any atom is -0.491 e. The van der Waals surface area contributed by atoms with Crippen molar-refractivity contribution in [1.29, 1.82) is 0 Å². The largest absolute Gasteiger partial charge is 0.491 e. The highest BCUT2D eigenvalue weighted by molar-refractivity contribution is 7.98. The summed E-state index contributed by atoms with van der Waals surface area (Å²) in [5.41, 5.74) is 4.93. The van der Waals surface area contributed by atoms with Gasteiger partial charge in [-0.1, -0.05) is 54.6 Å². The number of thioether (sulfide) groups is 1. The average Bonchev–Trinajstić information content (AvgIpc) is 2.83. The van der Waals surface area contributed by atoms with Crippen molar-refractivity contribution in [3.05, 3.63) is 89.5 Å². The van der Waals surface area contributed by atoms with Gasteiger partial charge in [-0.2, -0.15) is 0 Å². The molecule has 0 radical (unpaired) electrons. The van der Waals surface area contributed by atoms with Crippen molar-refractivity contribution in [3.63, 3.8) is 0 Å². The van der Waals surface area contributed by atoms with E-state index in [9.17, 15) is 4.79 Å². The first kappa shape index (κ1) is 25.8. The maximum absolute atomic E-state index is 13.4. The number of hydrogen-bond acceptors (Lipinski definition) is 5. The first-order valence-corrected chi connectivity index (χ1v) is 12.6. The molecular weight excluding hydrogens is 440 g/mol. The molecule has 0 amide bonds. The Hall–Kier alpha value is -2.86. The van der Waals surface area contributed by atoms with Crippen LogP contribution >= 0.6 is 11.8 Å². The maximum Gasteiger partial charge on any atom is 0.189 e. The standard InChI is InChI=1S/C29H34N2O2S/c1-30(2)18-19-33-28-17-15-23(25-12-8-9-13-29(25)34-5)20-26(28)27(32)16-14-22-10-6-7-11-24(22)21-31(3)4/h6-17,20H,18-19,21H2,1-5H3. The molecule has 0 fully saturated rings. The number of ether oxygens (including phenoxy) is 1. The molecule has 0 aromatic heterocycles. The second-order valence-electron chi connectivity index (χ2n) is 8.70. The molecule has 5 heteroatoms. The Morgan fingerprint density at radius 1 is 0.941 bits per heavy atom. The molecule has 0 bridgehead atoms. The molecule has 0 N–H and O–H groups in total. The summed E-state index contributed by atoms with van der Waals surface area (Å²) >= 11 is 1.70. The van der Waals surface area contributed by atoms with Gasteiger partial charge in [-0.25, -0.2) is 0 Å². The molecule has 0 aliphatic heterocycles. The number of allylic oxidation sites excluding steroid dienone is 1. The number of ketones is 1. The predicted octanol–water partition coefficient (Wildman–Crippen LogP) is 5.97. The van der Waals surface area contributed by atoms with Gasteiger partial charge in [0.15, 0.2) is 5.78 Å². The number of hydrogen-bond donors (Lipinski definition) is 0. The normalized spacial score (nSPS) is 11.5. The van der Waals surface area contributed by atoms with Gasteiger partial charge >= 0.3 is 0 Å². The van der Waals surface area contributed by atoms with Crippen LogP contribution in [0.25, 0.3) is 17.2 Å². The Morgan fingerprint density at radius 3 is 2.41 bits per heavy atom. The van der Waals surface area contributed by atoms with Crippen LogP contribution in [0.4, 0.5) is 0 Å². The molecule has 3 aromatic rings. The third-order valence-corrected chi connectivity index (χ3v) is 6.21. The number of carbonyl (C=O) groups is 1. The molecule has 0 atom stereocenters. The maximum atomic E-state index is 13.4. The topological polar surface area (TPSA) is 32.8 Å². The molecule has 34 heavy (non-hydrogen) atoms. The zero-order valence-corrected chi connectivity index (χ0v) is 21.6. The van der Waals surface area contributed by atoms with E-state index >= 15 is 0 Å². The lowest BCUT2D eigenvalue weighted by molar-refractivity contribution is 0.104. The molecule has 178 valence electrons. The lowest BCUT2D eigenvalue weighted by Gasteiger charge is -2.15. The minimum atomic E-state index is -0.0667. The van der Waals surface area contributed by atoms with Gasteiger partial charge in [0.2, 0.25) is 0 Å². The van der Waals surface area contributed by atoms with Crippen LogP contribution in [0, 0.1) is 0 Å². The van der Waals surface area contributed by atoms with E-state index in [0.717, 1.165) is 29.8 Å². The third kappa shape index (κ3) is 7.07. The summed E-state index contributed by atoms with van der Waals surface area (Å²) in [6.07, 6.45) is 5.64. The number of rotatable bonds is 11. The molecule has 0 heterocycles. The zero-order valence-electron chi connectivity index (χ0n) is 20.7. The molecule has 3 aromatic carbocycles. The molecular formula is C29H34N2O2S. The monoisotopic (exact) mass is 474 g/mol. The van der Waals surface area contributed by atoms with Crippen LogP contribution < -0.4 is 4.74 Å². The number of likely N-dealkylation sites (N-methyl/N-ethyl adjacent to an activating group) is 1. The smallest absolute Gasteiger partial charge is 0.189 e. The van der Waals surface area contributed by atoms with Crippen LogP contribution in [0.15, 0.2) is 77.7 Å². The fourth-order valence-corrected chi connectivity index (χ4v) is 4.29. The number of carbonyl (C=O) groups excluding carboxylic acids is 1. The first-order chi connectivity index (χ1) is 16.4. The molecule has 0 saturated heterocycles. The summed E-state index contributed by atoms with van der Waals surface area (Å²) in [5.74, 6) is 0.548. The molecule has 3 rings (SSSR count). The van der Waals surface area contributed by atoms with Crippen molar-refractivity contribution < 1.29 is 9.53 Å². The Bertz CT molecular complexity index is 1140. The van der Waals surface area contributed by atoms with Crippen LogP contribution in [0.1, 0.15) is 21.5 Å². The molecule has 0 unspecified atom stereocenters. The number of benzene rings is 3. The van der Waals surface area contributed by atoms with E-state index in [1.54, 1.807) is 17.8 Å². The Kier molecular flexibility index (Phi) is 9.52. The summed E-state index contributed by atoms with van der Waals surface area (Å²) in [7, 11) is 8.10. The zero-order chi connectivity index (χ0) is 24.5. The minimum absolute atomic E-state index is 0.0667. The van der Waals surface area contributed by atoms with Crippen LogP contribution in [0.2, 0.25) is 0 Å². The Morgan fingerprint density at radius 2 is 1.68 bits per heavy atom. The summed E-state index contributed by atoms with van der Waals surface area (Å²) in [6, 6.07) is 22.3. The highest BCUT2D eigenvalue weighted by Crippen LogP contribution is 2.33. The second kappa shape index (κ2) is 12.6. The van der Waals surface area contributed by atoms with Crippen molar-refractivity contribution in [2.24, 2.45) is 0 Å². The van der Waals surface area contributed by atoms with Gasteiger partial charge in [0.1, 0.15) is 12.4 Å². The van der Waals surface area contributed by atoms with E-state index < -0.39 is 0 Å². The molecule has 0 aliphatic rings. The molecule has 0 aliphatic carbocycles. The van der Waals surface area contributed by atoms with Crippen molar-refractivity contribution in [2.45, 2.75) is 11.4 Å². The van der Waals surface area contributed by atoms with Gasteiger partial charge in [-0.3, -0.25) is 4.79 Å². The van der Waals surface area contributed by atoms with Crippen molar-refractivity contribution >= 4 is 23.6 Å². The average molecular weight is 475 g/mol. The van der Waals surface area contributed by atoms with Gasteiger partial charge in [0.25, 0.3) is 0 Å².